The van der Waals surface area contributed by atoms with Gasteiger partial charge in [0.1, 0.15) is 11.2 Å². The van der Waals surface area contributed by atoms with Gasteiger partial charge in [-0.25, -0.2) is 0 Å². The molecular weight excluding hydrogens is 392 g/mol. The zero-order chi connectivity index (χ0) is 24.6. The summed E-state index contributed by atoms with van der Waals surface area (Å²) in [6, 6.07) is 0. The van der Waals surface area contributed by atoms with Crippen LogP contribution in [0, 0.1) is 23.7 Å². The molecule has 0 aromatic rings. The lowest BCUT2D eigenvalue weighted by molar-refractivity contribution is 0.112. The monoisotopic (exact) mass is 438 g/mol. The molecule has 32 heavy (non-hydrogen) atoms. The van der Waals surface area contributed by atoms with Crippen LogP contribution in [0.5, 0.6) is 0 Å². The number of allylic oxidation sites excluding steroid dienone is 6. The molecule has 2 N–H and O–H groups in total. The Bertz CT molecular complexity index is 714. The Morgan fingerprint density at radius 3 is 1.34 bits per heavy atom. The fourth-order valence-corrected chi connectivity index (χ4v) is 3.20. The van der Waals surface area contributed by atoms with Crippen molar-refractivity contribution in [3.63, 3.8) is 0 Å². The van der Waals surface area contributed by atoms with Crippen molar-refractivity contribution in [2.45, 2.75) is 117 Å². The molecule has 0 spiro atoms. The molecule has 0 rings (SSSR count). The third kappa shape index (κ3) is 18.7. The molecule has 0 heterocycles. The minimum Gasteiger partial charge on any atom is -0.378 e. The normalized spacial score (nSPS) is 15.5. The molecule has 0 radical (unpaired) electrons. The van der Waals surface area contributed by atoms with Crippen LogP contribution in [0.1, 0.15) is 106 Å². The molecule has 0 aromatic carbocycles. The summed E-state index contributed by atoms with van der Waals surface area (Å²) in [5.41, 5.74) is 2.95. The van der Waals surface area contributed by atoms with E-state index in [2.05, 4.69) is 76.7 Å². The van der Waals surface area contributed by atoms with Gasteiger partial charge in [-0.3, -0.25) is 0 Å². The van der Waals surface area contributed by atoms with Crippen LogP contribution in [0.2, 0.25) is 0 Å². The standard InChI is InChI=1S/C30H46O2/c1-25(2)15-11-17-27(5)19-13-23-29(7,31)21-9-10-22-30(8,32)24-14-20-28(6)18-12-16-26(3)4/h19-20,31-32H,1,3,11-18,23-24H2,2,4-8H3/b27-19+,28-20+. The smallest absolute Gasteiger partial charge is 0.124 e. The van der Waals surface area contributed by atoms with E-state index < -0.39 is 11.2 Å². The Morgan fingerprint density at radius 2 is 1.03 bits per heavy atom. The maximum absolute atomic E-state index is 10.5. The van der Waals surface area contributed by atoms with Gasteiger partial charge in [-0.15, -0.1) is 13.2 Å². The van der Waals surface area contributed by atoms with Gasteiger partial charge in [-0.1, -0.05) is 46.3 Å². The van der Waals surface area contributed by atoms with E-state index in [1.54, 1.807) is 13.8 Å². The Balaban J connectivity index is 4.50. The van der Waals surface area contributed by atoms with Crippen LogP contribution in [-0.4, -0.2) is 21.4 Å². The first-order valence-corrected chi connectivity index (χ1v) is 11.9. The number of hydrogen-bond acceptors (Lipinski definition) is 2. The van der Waals surface area contributed by atoms with E-state index in [-0.39, 0.29) is 0 Å². The molecule has 2 nitrogen and oxygen atoms in total. The zero-order valence-corrected chi connectivity index (χ0v) is 21.5. The molecule has 0 amide bonds. The van der Waals surface area contributed by atoms with Gasteiger partial charge in [0.15, 0.2) is 0 Å². The van der Waals surface area contributed by atoms with E-state index in [1.165, 1.54) is 22.3 Å². The molecule has 2 unspecified atom stereocenters. The van der Waals surface area contributed by atoms with Crippen molar-refractivity contribution in [3.8, 4) is 23.7 Å². The van der Waals surface area contributed by atoms with Crippen molar-refractivity contribution >= 4 is 0 Å². The van der Waals surface area contributed by atoms with E-state index in [0.29, 0.717) is 12.8 Å². The number of aliphatic hydroxyl groups is 2. The first-order chi connectivity index (χ1) is 14.8. The first-order valence-electron chi connectivity index (χ1n) is 11.9. The Labute approximate surface area is 198 Å². The Hall–Kier alpha value is -2.00. The van der Waals surface area contributed by atoms with Crippen LogP contribution in [0.4, 0.5) is 0 Å². The molecule has 0 aliphatic rings. The summed E-state index contributed by atoms with van der Waals surface area (Å²) in [5, 5.41) is 20.9. The number of rotatable bonds is 14. The largest absolute Gasteiger partial charge is 0.378 e. The molecule has 0 aromatic heterocycles. The highest BCUT2D eigenvalue weighted by Gasteiger charge is 2.16. The molecule has 2 atom stereocenters. The summed E-state index contributed by atoms with van der Waals surface area (Å²) in [7, 11) is 0. The molecule has 0 saturated carbocycles. The third-order valence-corrected chi connectivity index (χ3v) is 5.32. The topological polar surface area (TPSA) is 40.5 Å². The molecule has 0 saturated heterocycles. The zero-order valence-electron chi connectivity index (χ0n) is 21.5. The average Bonchev–Trinajstić information content (AvgIpc) is 2.64. The van der Waals surface area contributed by atoms with Gasteiger partial charge < -0.3 is 10.2 Å². The maximum Gasteiger partial charge on any atom is 0.124 e. The maximum atomic E-state index is 10.5. The van der Waals surface area contributed by atoms with Crippen molar-refractivity contribution < 1.29 is 10.2 Å². The fourth-order valence-electron chi connectivity index (χ4n) is 3.20. The molecule has 0 bridgehead atoms. The minimum atomic E-state index is -1.08. The molecule has 0 fully saturated rings. The van der Waals surface area contributed by atoms with Crippen molar-refractivity contribution in [3.05, 3.63) is 47.6 Å². The second kappa shape index (κ2) is 15.7. The highest BCUT2D eigenvalue weighted by atomic mass is 16.3. The van der Waals surface area contributed by atoms with Gasteiger partial charge in [0, 0.05) is 0 Å². The average molecular weight is 439 g/mol. The second-order valence-electron chi connectivity index (χ2n) is 9.85. The molecular formula is C30H46O2. The van der Waals surface area contributed by atoms with Gasteiger partial charge >= 0.3 is 0 Å². The van der Waals surface area contributed by atoms with Crippen LogP contribution in [0.25, 0.3) is 0 Å². The van der Waals surface area contributed by atoms with Crippen molar-refractivity contribution in [2.75, 3.05) is 0 Å². The van der Waals surface area contributed by atoms with Gasteiger partial charge in [-0.05, 0) is 118 Å². The van der Waals surface area contributed by atoms with Crippen LogP contribution in [0.15, 0.2) is 47.6 Å². The lowest BCUT2D eigenvalue weighted by Crippen LogP contribution is -2.21. The summed E-state index contributed by atoms with van der Waals surface area (Å²) in [4.78, 5) is 0. The highest BCUT2D eigenvalue weighted by Crippen LogP contribution is 2.17. The summed E-state index contributed by atoms with van der Waals surface area (Å²) < 4.78 is 0. The van der Waals surface area contributed by atoms with E-state index >= 15 is 0 Å². The van der Waals surface area contributed by atoms with Crippen LogP contribution in [-0.2, 0) is 0 Å². The van der Waals surface area contributed by atoms with E-state index in [0.717, 1.165) is 51.4 Å². The molecule has 0 aliphatic carbocycles. The van der Waals surface area contributed by atoms with Crippen LogP contribution >= 0.6 is 0 Å². The summed E-state index contributed by atoms with van der Waals surface area (Å²) in [6.45, 7) is 19.7. The molecule has 178 valence electrons. The van der Waals surface area contributed by atoms with Gasteiger partial charge in [-0.2, -0.15) is 0 Å². The molecule has 2 heteroatoms. The molecule has 0 aliphatic heterocycles. The predicted molar refractivity (Wildman–Crippen MR) is 140 cm³/mol. The highest BCUT2D eigenvalue weighted by molar-refractivity contribution is 5.32. The third-order valence-electron chi connectivity index (χ3n) is 5.32. The predicted octanol–water partition coefficient (Wildman–Crippen LogP) is 7.44. The van der Waals surface area contributed by atoms with Crippen molar-refractivity contribution in [2.24, 2.45) is 0 Å². The summed E-state index contributed by atoms with van der Waals surface area (Å²) >= 11 is 0. The lowest BCUT2D eigenvalue weighted by atomic mass is 9.98. The Kier molecular flexibility index (Phi) is 14.8. The van der Waals surface area contributed by atoms with Gasteiger partial charge in [0.2, 0.25) is 0 Å². The first kappa shape index (κ1) is 30.0. The van der Waals surface area contributed by atoms with E-state index in [9.17, 15) is 10.2 Å². The fraction of sp³-hybridized carbons (Fsp3) is 0.600. The van der Waals surface area contributed by atoms with E-state index in [4.69, 9.17) is 0 Å². The minimum absolute atomic E-state index is 0.561. The summed E-state index contributed by atoms with van der Waals surface area (Å²) in [5.74, 6) is 11.1. The number of hydrogen-bond donors (Lipinski definition) is 2. The summed E-state index contributed by atoms with van der Waals surface area (Å²) in [6.07, 6.45) is 13.5. The lowest BCUT2D eigenvalue weighted by Gasteiger charge is -2.15. The second-order valence-corrected chi connectivity index (χ2v) is 9.85. The quantitative estimate of drug-likeness (QED) is 0.218. The van der Waals surface area contributed by atoms with Crippen molar-refractivity contribution in [1.29, 1.82) is 0 Å². The van der Waals surface area contributed by atoms with Crippen LogP contribution in [0.3, 0.4) is 0 Å². The van der Waals surface area contributed by atoms with E-state index in [1.807, 2.05) is 0 Å². The van der Waals surface area contributed by atoms with Crippen molar-refractivity contribution in [1.82, 2.24) is 0 Å². The van der Waals surface area contributed by atoms with Gasteiger partial charge in [0.25, 0.3) is 0 Å². The SMILES string of the molecule is C=C(C)CCC/C(C)=C/CCC(C)(O)C#CC#CC(C)(O)CC/C=C(\C)CCCC(=C)C. The van der Waals surface area contributed by atoms with Crippen LogP contribution < -0.4 is 0 Å². The Morgan fingerprint density at radius 1 is 0.688 bits per heavy atom. The van der Waals surface area contributed by atoms with Gasteiger partial charge in [0.05, 0.1) is 0 Å².